The molecule has 2 aliphatic heterocycles. The molecule has 3 aromatic carbocycles. The number of carbonyl (C=O) groups excluding carboxylic acids is 1. The maximum Gasteiger partial charge on any atom is 0.208 e. The summed E-state index contributed by atoms with van der Waals surface area (Å²) in [6.45, 7) is 2.93. The Kier molecular flexibility index (Phi) is 7.20. The molecule has 0 aliphatic carbocycles. The molecule has 2 aliphatic rings. The summed E-state index contributed by atoms with van der Waals surface area (Å²) in [5.41, 5.74) is 5.05. The van der Waals surface area contributed by atoms with Crippen molar-refractivity contribution in [2.24, 2.45) is 0 Å². The summed E-state index contributed by atoms with van der Waals surface area (Å²) in [4.78, 5) is 14.5. The fourth-order valence-corrected chi connectivity index (χ4v) is 4.27. The van der Waals surface area contributed by atoms with Crippen molar-refractivity contribution in [1.29, 1.82) is 0 Å². The summed E-state index contributed by atoms with van der Waals surface area (Å²) in [6, 6.07) is 27.7. The average Bonchev–Trinajstić information content (AvgIpc) is 2.83. The molecule has 0 fully saturated rings. The third kappa shape index (κ3) is 4.92. The summed E-state index contributed by atoms with van der Waals surface area (Å²) < 4.78 is 12.5. The minimum Gasteiger partial charge on any atom is -0.512 e. The van der Waals surface area contributed by atoms with Crippen molar-refractivity contribution in [1.82, 2.24) is 4.98 Å². The number of hydrogen-bond acceptors (Lipinski definition) is 5. The van der Waals surface area contributed by atoms with Gasteiger partial charge in [0.15, 0.2) is 5.78 Å². The first kappa shape index (κ1) is 24.5. The maximum absolute atomic E-state index is 10.0. The Morgan fingerprint density at radius 3 is 2.11 bits per heavy atom. The van der Waals surface area contributed by atoms with Crippen LogP contribution in [0.3, 0.4) is 0 Å². The van der Waals surface area contributed by atoms with Crippen LogP contribution in [0.2, 0.25) is 0 Å². The number of hydrogen-bond donors (Lipinski definition) is 1. The van der Waals surface area contributed by atoms with Gasteiger partial charge in [0.2, 0.25) is 6.71 Å². The second-order valence-corrected chi connectivity index (χ2v) is 8.11. The third-order valence-corrected chi connectivity index (χ3v) is 5.57. The Hall–Kier alpha value is -3.67. The van der Waals surface area contributed by atoms with Crippen LogP contribution >= 0.6 is 0 Å². The molecular formula is C28H21BIrNO4-. The van der Waals surface area contributed by atoms with Crippen LogP contribution < -0.4 is 25.9 Å². The quantitative estimate of drug-likeness (QED) is 0.133. The molecule has 0 saturated carbocycles. The minimum atomic E-state index is -0.125. The van der Waals surface area contributed by atoms with E-state index in [-0.39, 0.29) is 38.4 Å². The number of allylic oxidation sites excluding steroid dienone is 2. The van der Waals surface area contributed by atoms with Crippen LogP contribution in [-0.4, -0.2) is 22.6 Å². The maximum atomic E-state index is 10.0. The van der Waals surface area contributed by atoms with Gasteiger partial charge in [0.25, 0.3) is 0 Å². The number of rotatable bonds is 2. The van der Waals surface area contributed by atoms with Crippen LogP contribution in [-0.2, 0) is 24.9 Å². The van der Waals surface area contributed by atoms with E-state index in [0.29, 0.717) is 5.75 Å². The predicted molar refractivity (Wildman–Crippen MR) is 133 cm³/mol. The zero-order chi connectivity index (χ0) is 23.7. The van der Waals surface area contributed by atoms with E-state index in [1.807, 2.05) is 48.5 Å². The van der Waals surface area contributed by atoms with Crippen molar-refractivity contribution >= 4 is 28.9 Å². The Balaban J connectivity index is 0.000000320. The normalized spacial score (nSPS) is 12.3. The molecule has 7 heteroatoms. The number of aromatic nitrogens is 1. The van der Waals surface area contributed by atoms with Crippen molar-refractivity contribution < 1.29 is 39.5 Å². The number of ether oxygens (including phenoxy) is 2. The second-order valence-electron chi connectivity index (χ2n) is 8.11. The fourth-order valence-electron chi connectivity index (χ4n) is 4.27. The number of fused-ring (bicyclic) bond motifs is 4. The smallest absolute Gasteiger partial charge is 0.208 e. The molecule has 1 radical (unpaired) electrons. The van der Waals surface area contributed by atoms with Crippen molar-refractivity contribution in [3.8, 4) is 34.3 Å². The first-order valence-electron chi connectivity index (χ1n) is 10.9. The van der Waals surface area contributed by atoms with Gasteiger partial charge in [-0.15, -0.1) is 11.6 Å². The van der Waals surface area contributed by atoms with Gasteiger partial charge in [-0.05, 0) is 48.7 Å². The number of carbonyl (C=O) groups is 1. The molecule has 1 N–H and O–H groups in total. The van der Waals surface area contributed by atoms with Crippen LogP contribution in [0.4, 0.5) is 0 Å². The Bertz CT molecular complexity index is 1350. The molecule has 6 rings (SSSR count). The van der Waals surface area contributed by atoms with Gasteiger partial charge in [-0.2, -0.15) is 0 Å². The van der Waals surface area contributed by atoms with Crippen LogP contribution in [0.25, 0.3) is 11.3 Å². The standard InChI is InChI=1S/C23H13BNO2.C5H8O2.Ir/c1-3-10-19-16(7-1)24-17-8-2-4-11-20(17)27-22-14-15(13-21(26-19)23(22)24)18-9-5-6-12-25-18;1-4(6)3-5(2)7;/h1-13H;3,6H,1-2H3;/q-1;;/b;4-3-;. The van der Waals surface area contributed by atoms with E-state index in [9.17, 15) is 4.79 Å². The number of ketones is 1. The Morgan fingerprint density at radius 2 is 1.54 bits per heavy atom. The third-order valence-electron chi connectivity index (χ3n) is 5.57. The summed E-state index contributed by atoms with van der Waals surface area (Å²) in [5.74, 6) is 3.21. The first-order valence-corrected chi connectivity index (χ1v) is 10.9. The van der Waals surface area contributed by atoms with E-state index in [4.69, 9.17) is 14.6 Å². The number of aliphatic hydroxyl groups is 1. The van der Waals surface area contributed by atoms with Crippen molar-refractivity contribution in [2.45, 2.75) is 13.8 Å². The van der Waals surface area contributed by atoms with Gasteiger partial charge in [0, 0.05) is 43.9 Å². The zero-order valence-corrected chi connectivity index (χ0v) is 21.5. The molecule has 0 unspecified atom stereocenters. The molecule has 35 heavy (non-hydrogen) atoms. The molecule has 0 spiro atoms. The molecular weight excluding hydrogens is 617 g/mol. The average molecular weight is 639 g/mol. The van der Waals surface area contributed by atoms with E-state index in [1.54, 1.807) is 6.20 Å². The molecule has 0 bridgehead atoms. The van der Waals surface area contributed by atoms with Gasteiger partial charge >= 0.3 is 0 Å². The monoisotopic (exact) mass is 639 g/mol. The fraction of sp³-hybridized carbons (Fsp3) is 0.0714. The first-order chi connectivity index (χ1) is 16.5. The molecule has 0 atom stereocenters. The van der Waals surface area contributed by atoms with Crippen molar-refractivity contribution in [2.75, 3.05) is 0 Å². The summed E-state index contributed by atoms with van der Waals surface area (Å²) in [5, 5.41) is 8.36. The van der Waals surface area contributed by atoms with Crippen LogP contribution in [0.15, 0.2) is 90.8 Å². The van der Waals surface area contributed by atoms with Gasteiger partial charge in [-0.3, -0.25) is 4.79 Å². The molecule has 1 aromatic heterocycles. The van der Waals surface area contributed by atoms with Crippen molar-refractivity contribution in [3.05, 3.63) is 96.9 Å². The van der Waals surface area contributed by atoms with Gasteiger partial charge in [-0.1, -0.05) is 60.1 Å². The van der Waals surface area contributed by atoms with Gasteiger partial charge < -0.3 is 19.6 Å². The van der Waals surface area contributed by atoms with E-state index < -0.39 is 0 Å². The number of aliphatic hydroxyl groups excluding tert-OH is 1. The molecule has 0 saturated heterocycles. The Morgan fingerprint density at radius 1 is 0.914 bits per heavy atom. The largest absolute Gasteiger partial charge is 0.512 e. The molecule has 175 valence electrons. The van der Waals surface area contributed by atoms with Gasteiger partial charge in [0.1, 0.15) is 11.5 Å². The molecule has 0 amide bonds. The Labute approximate surface area is 217 Å². The van der Waals surface area contributed by atoms with E-state index in [0.717, 1.165) is 44.9 Å². The molecule has 4 aromatic rings. The van der Waals surface area contributed by atoms with Crippen LogP contribution in [0.1, 0.15) is 13.8 Å². The zero-order valence-electron chi connectivity index (χ0n) is 19.1. The van der Waals surface area contributed by atoms with Gasteiger partial charge in [-0.25, -0.2) is 0 Å². The second kappa shape index (κ2) is 10.3. The topological polar surface area (TPSA) is 68.7 Å². The predicted octanol–water partition coefficient (Wildman–Crippen LogP) is 4.31. The molecule has 3 heterocycles. The summed E-state index contributed by atoms with van der Waals surface area (Å²) in [6.07, 6.45) is 2.95. The van der Waals surface area contributed by atoms with E-state index >= 15 is 0 Å². The van der Waals surface area contributed by atoms with Crippen LogP contribution in [0.5, 0.6) is 23.0 Å². The summed E-state index contributed by atoms with van der Waals surface area (Å²) >= 11 is 0. The SMILES string of the molecule is CC(=O)/C=C(/C)O.[Ir].[c-]1c(-c2ccccn2)cc2c3c1Oc1ccccc1B3c1ccccc1O2. The minimum absolute atomic E-state index is 0. The van der Waals surface area contributed by atoms with Crippen LogP contribution in [0, 0.1) is 6.07 Å². The number of para-hydroxylation sites is 2. The van der Waals surface area contributed by atoms with Crippen molar-refractivity contribution in [3.63, 3.8) is 0 Å². The summed E-state index contributed by atoms with van der Waals surface area (Å²) in [7, 11) is 0. The molecule has 5 nitrogen and oxygen atoms in total. The van der Waals surface area contributed by atoms with E-state index in [1.165, 1.54) is 19.9 Å². The van der Waals surface area contributed by atoms with E-state index in [2.05, 4.69) is 35.3 Å². The number of benzene rings is 3. The number of pyridine rings is 1. The number of nitrogens with zero attached hydrogens (tertiary/aromatic N) is 1. The van der Waals surface area contributed by atoms with Gasteiger partial charge in [0.05, 0.1) is 5.76 Å².